The van der Waals surface area contributed by atoms with Crippen LogP contribution >= 0.6 is 34.4 Å². The van der Waals surface area contributed by atoms with Gasteiger partial charge in [0.05, 0.1) is 11.4 Å². The minimum Gasteiger partial charge on any atom is -0.481 e. The maximum atomic E-state index is 13.3. The normalized spacial score (nSPS) is 11.1. The van der Waals surface area contributed by atoms with Crippen LogP contribution in [0.4, 0.5) is 4.39 Å². The Kier molecular flexibility index (Phi) is 5.20. The van der Waals surface area contributed by atoms with Crippen molar-refractivity contribution < 1.29 is 14.3 Å². The van der Waals surface area contributed by atoms with Crippen LogP contribution in [0.2, 0.25) is 0 Å². The lowest BCUT2D eigenvalue weighted by Crippen LogP contribution is -2.07. The molecule has 0 unspecified atom stereocenters. The Labute approximate surface area is 139 Å². The summed E-state index contributed by atoms with van der Waals surface area (Å²) in [6, 6.07) is 4.44. The number of carboxylic acids is 1. The zero-order valence-electron chi connectivity index (χ0n) is 11.4. The smallest absolute Gasteiger partial charge is 0.313 e. The highest BCUT2D eigenvalue weighted by Gasteiger charge is 2.19. The minimum atomic E-state index is -0.922. The van der Waals surface area contributed by atoms with Gasteiger partial charge in [-0.2, -0.15) is 0 Å². The molecule has 0 amide bonds. The Bertz CT molecular complexity index is 675. The molecule has 0 radical (unpaired) electrons. The third-order valence-corrected chi connectivity index (χ3v) is 4.43. The van der Waals surface area contributed by atoms with Gasteiger partial charge in [0.2, 0.25) is 0 Å². The Morgan fingerprint density at radius 1 is 1.48 bits per heavy atom. The molecule has 1 aromatic carbocycles. The van der Waals surface area contributed by atoms with E-state index in [1.165, 1.54) is 12.1 Å². The van der Waals surface area contributed by atoms with E-state index in [0.29, 0.717) is 14.6 Å². The molecule has 0 aliphatic carbocycles. The van der Waals surface area contributed by atoms with Gasteiger partial charge < -0.3 is 5.11 Å². The molecule has 2 rings (SSSR count). The van der Waals surface area contributed by atoms with Gasteiger partial charge in [0.1, 0.15) is 11.6 Å². The molecule has 2 aromatic rings. The third-order valence-electron chi connectivity index (χ3n) is 2.65. The summed E-state index contributed by atoms with van der Waals surface area (Å²) >= 11 is 3.14. The van der Waals surface area contributed by atoms with Crippen molar-refractivity contribution in [1.82, 2.24) is 14.8 Å². The number of carbonyl (C=O) groups is 1. The number of nitrogens with zero attached hydrogens (tertiary/aromatic N) is 3. The fraction of sp³-hybridized carbons (Fsp3) is 0.308. The Morgan fingerprint density at radius 2 is 2.19 bits per heavy atom. The van der Waals surface area contributed by atoms with Crippen molar-refractivity contribution in [2.75, 3.05) is 5.75 Å². The quantitative estimate of drug-likeness (QED) is 0.593. The number of hydrogen-bond donors (Lipinski definition) is 1. The number of hydrogen-bond acceptors (Lipinski definition) is 4. The predicted octanol–water partition coefficient (Wildman–Crippen LogP) is 3.31. The first-order valence-electron chi connectivity index (χ1n) is 6.15. The summed E-state index contributed by atoms with van der Waals surface area (Å²) in [4.78, 5) is 10.7. The Balaban J connectivity index is 2.52. The molecule has 0 bridgehead atoms. The SMILES string of the molecule is CC(C)c1nnc(SCC(=O)O)n1-c1ccc(F)cc1I. The van der Waals surface area contributed by atoms with Crippen molar-refractivity contribution in [1.29, 1.82) is 0 Å². The van der Waals surface area contributed by atoms with E-state index >= 15 is 0 Å². The largest absolute Gasteiger partial charge is 0.481 e. The number of thioether (sulfide) groups is 1. The maximum absolute atomic E-state index is 13.3. The minimum absolute atomic E-state index is 0.103. The van der Waals surface area contributed by atoms with Gasteiger partial charge in [0.25, 0.3) is 0 Å². The molecule has 1 aromatic heterocycles. The van der Waals surface area contributed by atoms with Crippen LogP contribution in [0.15, 0.2) is 23.4 Å². The summed E-state index contributed by atoms with van der Waals surface area (Å²) < 4.78 is 15.8. The van der Waals surface area contributed by atoms with E-state index in [-0.39, 0.29) is 17.5 Å². The van der Waals surface area contributed by atoms with E-state index in [0.717, 1.165) is 17.4 Å². The van der Waals surface area contributed by atoms with E-state index in [1.54, 1.807) is 10.6 Å². The highest BCUT2D eigenvalue weighted by molar-refractivity contribution is 14.1. The molecule has 0 fully saturated rings. The number of rotatable bonds is 5. The van der Waals surface area contributed by atoms with Gasteiger partial charge >= 0.3 is 5.97 Å². The average Bonchev–Trinajstić information content (AvgIpc) is 2.80. The standard InChI is InChI=1S/C13H13FIN3O2S/c1-7(2)12-16-17-13(21-6-11(19)20)18(12)10-4-3-8(14)5-9(10)15/h3-5,7H,6H2,1-2H3,(H,19,20). The molecule has 0 spiro atoms. The fourth-order valence-electron chi connectivity index (χ4n) is 1.76. The highest BCUT2D eigenvalue weighted by Crippen LogP contribution is 2.28. The van der Waals surface area contributed by atoms with Crippen LogP contribution in [0.1, 0.15) is 25.6 Å². The van der Waals surface area contributed by atoms with Crippen LogP contribution in [-0.4, -0.2) is 31.6 Å². The van der Waals surface area contributed by atoms with Crippen LogP contribution in [-0.2, 0) is 4.79 Å². The summed E-state index contributed by atoms with van der Waals surface area (Å²) in [5.74, 6) is -0.518. The van der Waals surface area contributed by atoms with E-state index in [1.807, 2.05) is 36.4 Å². The molecule has 0 atom stereocenters. The first-order valence-corrected chi connectivity index (χ1v) is 8.22. The fourth-order valence-corrected chi connectivity index (χ4v) is 3.15. The average molecular weight is 421 g/mol. The van der Waals surface area contributed by atoms with Gasteiger partial charge in [0, 0.05) is 9.49 Å². The van der Waals surface area contributed by atoms with Crippen LogP contribution in [0.3, 0.4) is 0 Å². The van der Waals surface area contributed by atoms with Crippen molar-refractivity contribution in [2.45, 2.75) is 24.9 Å². The van der Waals surface area contributed by atoms with Gasteiger partial charge in [-0.25, -0.2) is 4.39 Å². The Morgan fingerprint density at radius 3 is 2.76 bits per heavy atom. The zero-order chi connectivity index (χ0) is 15.6. The number of aliphatic carboxylic acids is 1. The van der Waals surface area contributed by atoms with Crippen molar-refractivity contribution in [3.63, 3.8) is 0 Å². The van der Waals surface area contributed by atoms with Gasteiger partial charge in [-0.3, -0.25) is 9.36 Å². The highest BCUT2D eigenvalue weighted by atomic mass is 127. The summed E-state index contributed by atoms with van der Waals surface area (Å²) in [6.45, 7) is 3.95. The van der Waals surface area contributed by atoms with Crippen molar-refractivity contribution >= 4 is 40.3 Å². The maximum Gasteiger partial charge on any atom is 0.313 e. The lowest BCUT2D eigenvalue weighted by Gasteiger charge is -2.13. The molecule has 5 nitrogen and oxygen atoms in total. The first-order chi connectivity index (χ1) is 9.90. The van der Waals surface area contributed by atoms with Crippen LogP contribution in [0.25, 0.3) is 5.69 Å². The molecule has 0 saturated carbocycles. The lowest BCUT2D eigenvalue weighted by molar-refractivity contribution is -0.133. The monoisotopic (exact) mass is 421 g/mol. The van der Waals surface area contributed by atoms with Crippen molar-refractivity contribution in [2.24, 2.45) is 0 Å². The zero-order valence-corrected chi connectivity index (χ0v) is 14.4. The molecular formula is C13H13FIN3O2S. The lowest BCUT2D eigenvalue weighted by atomic mass is 10.2. The second-order valence-electron chi connectivity index (χ2n) is 4.61. The number of carboxylic acid groups (broad SMARTS) is 1. The second-order valence-corrected chi connectivity index (χ2v) is 6.71. The third kappa shape index (κ3) is 3.73. The number of benzene rings is 1. The van der Waals surface area contributed by atoms with Crippen LogP contribution in [0.5, 0.6) is 0 Å². The van der Waals surface area contributed by atoms with E-state index in [9.17, 15) is 9.18 Å². The molecule has 1 heterocycles. The van der Waals surface area contributed by atoms with Gasteiger partial charge in [-0.05, 0) is 40.8 Å². The molecule has 112 valence electrons. The van der Waals surface area contributed by atoms with Crippen LogP contribution < -0.4 is 0 Å². The summed E-state index contributed by atoms with van der Waals surface area (Å²) in [5, 5.41) is 17.5. The van der Waals surface area contributed by atoms with E-state index in [4.69, 9.17) is 5.11 Å². The van der Waals surface area contributed by atoms with Crippen molar-refractivity contribution in [3.8, 4) is 5.69 Å². The van der Waals surface area contributed by atoms with Gasteiger partial charge in [-0.1, -0.05) is 25.6 Å². The molecule has 1 N–H and O–H groups in total. The summed E-state index contributed by atoms with van der Waals surface area (Å²) in [6.07, 6.45) is 0. The molecule has 0 saturated heterocycles. The Hall–Kier alpha value is -1.16. The first kappa shape index (κ1) is 16.2. The molecular weight excluding hydrogens is 408 g/mol. The molecule has 21 heavy (non-hydrogen) atoms. The van der Waals surface area contributed by atoms with Gasteiger partial charge in [-0.15, -0.1) is 10.2 Å². The summed E-state index contributed by atoms with van der Waals surface area (Å²) in [7, 11) is 0. The van der Waals surface area contributed by atoms with Crippen molar-refractivity contribution in [3.05, 3.63) is 33.4 Å². The topological polar surface area (TPSA) is 68.0 Å². The second kappa shape index (κ2) is 6.73. The number of halogens is 2. The van der Waals surface area contributed by atoms with Crippen LogP contribution in [0, 0.1) is 9.39 Å². The predicted molar refractivity (Wildman–Crippen MR) is 86.5 cm³/mol. The van der Waals surface area contributed by atoms with E-state index in [2.05, 4.69) is 10.2 Å². The summed E-state index contributed by atoms with van der Waals surface area (Å²) in [5.41, 5.74) is 0.749. The van der Waals surface area contributed by atoms with E-state index < -0.39 is 5.97 Å². The van der Waals surface area contributed by atoms with Gasteiger partial charge in [0.15, 0.2) is 5.16 Å². The molecule has 8 heteroatoms. The molecule has 0 aliphatic heterocycles. The molecule has 0 aliphatic rings. The number of aromatic nitrogens is 3.